The summed E-state index contributed by atoms with van der Waals surface area (Å²) in [4.78, 5) is 22.3. The van der Waals surface area contributed by atoms with Crippen LogP contribution in [0.15, 0.2) is 0 Å². The molecular weight excluding hydrogens is 220 g/mol. The van der Waals surface area contributed by atoms with Gasteiger partial charge >= 0.3 is 12.0 Å². The van der Waals surface area contributed by atoms with E-state index in [9.17, 15) is 9.59 Å². The molecule has 0 bridgehead atoms. The summed E-state index contributed by atoms with van der Waals surface area (Å²) in [5.74, 6) is 1.56. The Hall–Kier alpha value is -1.70. The first kappa shape index (κ1) is 15.3. The molecule has 0 aliphatic rings. The highest BCUT2D eigenvalue weighted by atomic mass is 16.4. The first-order valence-corrected chi connectivity index (χ1v) is 5.65. The lowest BCUT2D eigenvalue weighted by Gasteiger charge is -2.23. The molecule has 0 fully saturated rings. The van der Waals surface area contributed by atoms with Crippen LogP contribution in [0.4, 0.5) is 4.79 Å². The number of carboxylic acids is 1. The van der Waals surface area contributed by atoms with Crippen LogP contribution < -0.4 is 10.6 Å². The number of unbranched alkanes of at least 4 members (excludes halogenated alkanes) is 1. The van der Waals surface area contributed by atoms with E-state index in [-0.39, 0.29) is 12.6 Å². The minimum absolute atomic E-state index is 0.111. The molecule has 1 atom stereocenters. The van der Waals surface area contributed by atoms with Crippen molar-refractivity contribution in [2.24, 2.45) is 5.41 Å². The van der Waals surface area contributed by atoms with Crippen LogP contribution in [-0.4, -0.2) is 30.2 Å². The third-order valence-corrected chi connectivity index (χ3v) is 2.72. The first-order valence-electron chi connectivity index (χ1n) is 5.65. The highest BCUT2D eigenvalue weighted by Crippen LogP contribution is 2.19. The number of carboxylic acid groups (broad SMARTS) is 1. The van der Waals surface area contributed by atoms with Crippen molar-refractivity contribution in [2.45, 2.75) is 33.1 Å². The number of terminal acetylenes is 1. The maximum absolute atomic E-state index is 11.3. The molecule has 0 rings (SSSR count). The molecule has 1 unspecified atom stereocenters. The molecule has 0 saturated heterocycles. The Morgan fingerprint density at radius 2 is 2.06 bits per heavy atom. The van der Waals surface area contributed by atoms with Gasteiger partial charge in [0.15, 0.2) is 0 Å². The lowest BCUT2D eigenvalue weighted by Crippen LogP contribution is -2.44. The zero-order valence-electron chi connectivity index (χ0n) is 10.4. The second-order valence-electron chi connectivity index (χ2n) is 4.14. The number of nitrogens with one attached hydrogen (secondary N) is 2. The summed E-state index contributed by atoms with van der Waals surface area (Å²) in [6.07, 6.45) is 6.86. The Morgan fingerprint density at radius 3 is 2.53 bits per heavy atom. The lowest BCUT2D eigenvalue weighted by atomic mass is 9.88. The summed E-state index contributed by atoms with van der Waals surface area (Å²) in [6.45, 7) is 3.99. The fourth-order valence-electron chi connectivity index (χ4n) is 1.08. The maximum Gasteiger partial charge on any atom is 0.314 e. The van der Waals surface area contributed by atoms with E-state index in [4.69, 9.17) is 11.5 Å². The summed E-state index contributed by atoms with van der Waals surface area (Å²) in [6, 6.07) is -0.358. The number of rotatable bonds is 7. The van der Waals surface area contributed by atoms with Gasteiger partial charge < -0.3 is 15.7 Å². The molecule has 5 nitrogen and oxygen atoms in total. The normalized spacial score (nSPS) is 13.2. The van der Waals surface area contributed by atoms with Gasteiger partial charge in [-0.1, -0.05) is 6.92 Å². The number of carbonyl (C=O) groups excluding carboxylic acids is 1. The Balaban J connectivity index is 3.91. The number of carbonyl (C=O) groups is 2. The number of urea groups is 1. The van der Waals surface area contributed by atoms with Gasteiger partial charge in [-0.25, -0.2) is 4.79 Å². The van der Waals surface area contributed by atoms with Gasteiger partial charge in [0.2, 0.25) is 0 Å². The minimum atomic E-state index is -0.920. The standard InChI is InChI=1S/C12H20N2O3/c1-4-6-7-8-13-11(17)14-9-12(3,5-2)10(15)16/h1H,5-9H2,2-3H3,(H,15,16)(H2,13,14,17). The lowest BCUT2D eigenvalue weighted by molar-refractivity contribution is -0.147. The predicted octanol–water partition coefficient (Wildman–Crippen LogP) is 1.20. The number of amides is 2. The van der Waals surface area contributed by atoms with Crippen molar-refractivity contribution < 1.29 is 14.7 Å². The number of hydrogen-bond donors (Lipinski definition) is 3. The van der Waals surface area contributed by atoms with Gasteiger partial charge in [0, 0.05) is 19.5 Å². The largest absolute Gasteiger partial charge is 0.481 e. The van der Waals surface area contributed by atoms with Crippen LogP contribution in [0.25, 0.3) is 0 Å². The second kappa shape index (κ2) is 7.55. The van der Waals surface area contributed by atoms with Crippen molar-refractivity contribution in [3.63, 3.8) is 0 Å². The van der Waals surface area contributed by atoms with E-state index in [2.05, 4.69) is 16.6 Å². The zero-order chi connectivity index (χ0) is 13.3. The summed E-state index contributed by atoms with van der Waals surface area (Å²) >= 11 is 0. The smallest absolute Gasteiger partial charge is 0.314 e. The molecule has 0 saturated carbocycles. The van der Waals surface area contributed by atoms with E-state index < -0.39 is 11.4 Å². The topological polar surface area (TPSA) is 78.4 Å². The van der Waals surface area contributed by atoms with Crippen molar-refractivity contribution in [3.8, 4) is 12.3 Å². The summed E-state index contributed by atoms with van der Waals surface area (Å²) in [5.41, 5.74) is -0.920. The summed E-state index contributed by atoms with van der Waals surface area (Å²) < 4.78 is 0. The molecule has 96 valence electrons. The first-order chi connectivity index (χ1) is 7.96. The molecule has 17 heavy (non-hydrogen) atoms. The minimum Gasteiger partial charge on any atom is -0.481 e. The van der Waals surface area contributed by atoms with Gasteiger partial charge in [-0.05, 0) is 19.8 Å². The number of hydrogen-bond acceptors (Lipinski definition) is 2. The van der Waals surface area contributed by atoms with Crippen molar-refractivity contribution in [2.75, 3.05) is 13.1 Å². The molecule has 0 heterocycles. The number of aliphatic carboxylic acids is 1. The van der Waals surface area contributed by atoms with Crippen molar-refractivity contribution in [1.29, 1.82) is 0 Å². The molecule has 0 aliphatic heterocycles. The third-order valence-electron chi connectivity index (χ3n) is 2.72. The van der Waals surface area contributed by atoms with Gasteiger partial charge in [-0.2, -0.15) is 0 Å². The van der Waals surface area contributed by atoms with E-state index in [1.807, 2.05) is 0 Å². The Kier molecular flexibility index (Phi) is 6.80. The average molecular weight is 240 g/mol. The molecule has 0 aliphatic carbocycles. The second-order valence-corrected chi connectivity index (χ2v) is 4.14. The summed E-state index contributed by atoms with van der Waals surface area (Å²) in [5, 5.41) is 14.2. The van der Waals surface area contributed by atoms with E-state index in [1.54, 1.807) is 13.8 Å². The molecule has 0 aromatic heterocycles. The van der Waals surface area contributed by atoms with Gasteiger partial charge in [0.25, 0.3) is 0 Å². The van der Waals surface area contributed by atoms with E-state index in [1.165, 1.54) is 0 Å². The fraction of sp³-hybridized carbons (Fsp3) is 0.667. The molecular formula is C12H20N2O3. The SMILES string of the molecule is C#CCCCNC(=O)NCC(C)(CC)C(=O)O. The van der Waals surface area contributed by atoms with Crippen molar-refractivity contribution in [3.05, 3.63) is 0 Å². The third kappa shape index (κ3) is 5.81. The van der Waals surface area contributed by atoms with E-state index in [0.717, 1.165) is 0 Å². The summed E-state index contributed by atoms with van der Waals surface area (Å²) in [7, 11) is 0. The maximum atomic E-state index is 11.3. The monoisotopic (exact) mass is 240 g/mol. The van der Waals surface area contributed by atoms with Crippen LogP contribution in [0.1, 0.15) is 33.1 Å². The van der Waals surface area contributed by atoms with Gasteiger partial charge in [-0.3, -0.25) is 4.79 Å². The molecule has 0 radical (unpaired) electrons. The Bertz CT molecular complexity index is 309. The van der Waals surface area contributed by atoms with Crippen molar-refractivity contribution in [1.82, 2.24) is 10.6 Å². The van der Waals surface area contributed by atoms with E-state index >= 15 is 0 Å². The molecule has 5 heteroatoms. The van der Waals surface area contributed by atoms with Gasteiger partial charge in [-0.15, -0.1) is 12.3 Å². The van der Waals surface area contributed by atoms with Crippen LogP contribution >= 0.6 is 0 Å². The molecule has 0 aromatic carbocycles. The van der Waals surface area contributed by atoms with Crippen molar-refractivity contribution >= 4 is 12.0 Å². The fourth-order valence-corrected chi connectivity index (χ4v) is 1.08. The molecule has 0 aromatic rings. The van der Waals surface area contributed by atoms with Crippen LogP contribution in [-0.2, 0) is 4.79 Å². The average Bonchev–Trinajstić information content (AvgIpc) is 2.31. The predicted molar refractivity (Wildman–Crippen MR) is 65.5 cm³/mol. The molecule has 0 spiro atoms. The quantitative estimate of drug-likeness (QED) is 0.462. The van der Waals surface area contributed by atoms with Gasteiger partial charge in [0.05, 0.1) is 5.41 Å². The van der Waals surface area contributed by atoms with Crippen LogP contribution in [0, 0.1) is 17.8 Å². The van der Waals surface area contributed by atoms with Crippen LogP contribution in [0.5, 0.6) is 0 Å². The van der Waals surface area contributed by atoms with Crippen LogP contribution in [0.2, 0.25) is 0 Å². The molecule has 3 N–H and O–H groups in total. The highest BCUT2D eigenvalue weighted by Gasteiger charge is 2.31. The Morgan fingerprint density at radius 1 is 1.41 bits per heavy atom. The van der Waals surface area contributed by atoms with Gasteiger partial charge in [0.1, 0.15) is 0 Å². The Labute approximate surface area is 102 Å². The molecule has 2 amide bonds. The zero-order valence-corrected chi connectivity index (χ0v) is 10.4. The van der Waals surface area contributed by atoms with E-state index in [0.29, 0.717) is 25.8 Å². The van der Waals surface area contributed by atoms with Crippen LogP contribution in [0.3, 0.4) is 0 Å². The highest BCUT2D eigenvalue weighted by molar-refractivity contribution is 5.77.